The Labute approximate surface area is 64.8 Å². The van der Waals surface area contributed by atoms with Crippen LogP contribution < -0.4 is 5.73 Å². The molecule has 0 radical (unpaired) electrons. The maximum atomic E-state index is 11.6. The fourth-order valence-electron chi connectivity index (χ4n) is 0.269. The van der Waals surface area contributed by atoms with Crippen molar-refractivity contribution < 1.29 is 27.5 Å². The van der Waals surface area contributed by atoms with E-state index >= 15 is 0 Å². The van der Waals surface area contributed by atoms with Gasteiger partial charge in [0.1, 0.15) is 5.57 Å². The molecule has 2 N–H and O–H groups in total. The minimum Gasteiger partial charge on any atom is -0.373 e. The van der Waals surface area contributed by atoms with Crippen molar-refractivity contribution in [1.82, 2.24) is 0 Å². The average Bonchev–Trinajstić information content (AvgIpc) is 1.82. The van der Waals surface area contributed by atoms with Gasteiger partial charge in [-0.3, -0.25) is 0 Å². The van der Waals surface area contributed by atoms with Gasteiger partial charge in [0.2, 0.25) is 0 Å². The highest BCUT2D eigenvalue weighted by Crippen LogP contribution is 2.24. The molecule has 0 fully saturated rings. The van der Waals surface area contributed by atoms with Crippen LogP contribution >= 0.6 is 0 Å². The van der Waals surface area contributed by atoms with Crippen LogP contribution in [-0.4, -0.2) is 18.2 Å². The molecule has 68 valence electrons. The van der Waals surface area contributed by atoms with E-state index in [4.69, 9.17) is 0 Å². The van der Waals surface area contributed by atoms with Crippen molar-refractivity contribution >= 4 is 12.1 Å². The molecule has 0 aliphatic carbocycles. The van der Waals surface area contributed by atoms with Crippen LogP contribution in [-0.2, 0) is 9.53 Å². The zero-order valence-electron chi connectivity index (χ0n) is 5.64. The molecule has 0 aliphatic heterocycles. The Balaban J connectivity index is 4.32. The predicted octanol–water partition coefficient (Wildman–Crippen LogP) is 0.727. The highest BCUT2D eigenvalue weighted by atomic mass is 19.4. The van der Waals surface area contributed by atoms with Crippen LogP contribution in [0.5, 0.6) is 0 Å². The van der Waals surface area contributed by atoms with Gasteiger partial charge in [0.05, 0.1) is 0 Å². The van der Waals surface area contributed by atoms with Gasteiger partial charge in [-0.1, -0.05) is 6.58 Å². The molecule has 0 aromatic heterocycles. The Morgan fingerprint density at radius 3 is 2.00 bits per heavy atom. The lowest BCUT2D eigenvalue weighted by Crippen LogP contribution is -2.25. The minimum atomic E-state index is -4.91. The Hall–Kier alpha value is -1.53. The van der Waals surface area contributed by atoms with Crippen molar-refractivity contribution in [3.05, 3.63) is 12.2 Å². The van der Waals surface area contributed by atoms with Gasteiger partial charge in [0, 0.05) is 0 Å². The fraction of sp³-hybridized carbons (Fsp3) is 0.200. The number of esters is 1. The van der Waals surface area contributed by atoms with Gasteiger partial charge in [0.15, 0.2) is 0 Å². The molecule has 0 saturated heterocycles. The molecule has 0 spiro atoms. The Morgan fingerprint density at radius 2 is 1.75 bits per heavy atom. The van der Waals surface area contributed by atoms with E-state index in [1.165, 1.54) is 0 Å². The van der Waals surface area contributed by atoms with E-state index in [2.05, 4.69) is 17.0 Å². The largest absolute Gasteiger partial charge is 0.422 e. The normalized spacial score (nSPS) is 10.6. The molecule has 0 aromatic carbocycles. The van der Waals surface area contributed by atoms with E-state index < -0.39 is 23.8 Å². The van der Waals surface area contributed by atoms with Gasteiger partial charge in [-0.25, -0.2) is 9.59 Å². The lowest BCUT2D eigenvalue weighted by molar-refractivity contribution is -0.144. The summed E-state index contributed by atoms with van der Waals surface area (Å²) in [7, 11) is 0. The second kappa shape index (κ2) is 3.24. The summed E-state index contributed by atoms with van der Waals surface area (Å²) in [6.07, 6.45) is -6.52. The molecule has 12 heavy (non-hydrogen) atoms. The van der Waals surface area contributed by atoms with Gasteiger partial charge in [-0.05, 0) is 0 Å². The van der Waals surface area contributed by atoms with Gasteiger partial charge < -0.3 is 10.5 Å². The lowest BCUT2D eigenvalue weighted by Gasteiger charge is -2.06. The highest BCUT2D eigenvalue weighted by molar-refractivity contribution is 5.95. The van der Waals surface area contributed by atoms with Crippen molar-refractivity contribution in [2.45, 2.75) is 6.18 Å². The predicted molar refractivity (Wildman–Crippen MR) is 30.9 cm³/mol. The van der Waals surface area contributed by atoms with Crippen LogP contribution in [0, 0.1) is 0 Å². The van der Waals surface area contributed by atoms with Crippen molar-refractivity contribution in [1.29, 1.82) is 0 Å². The summed E-state index contributed by atoms with van der Waals surface area (Å²) in [4.78, 5) is 20.1. The number of amides is 1. The minimum absolute atomic E-state index is 1.61. The van der Waals surface area contributed by atoms with Crippen molar-refractivity contribution in [3.8, 4) is 0 Å². The zero-order chi connectivity index (χ0) is 9.94. The summed E-state index contributed by atoms with van der Waals surface area (Å²) in [5, 5.41) is 0. The summed E-state index contributed by atoms with van der Waals surface area (Å²) >= 11 is 0. The van der Waals surface area contributed by atoms with Gasteiger partial charge >= 0.3 is 18.2 Å². The van der Waals surface area contributed by atoms with E-state index in [0.717, 1.165) is 0 Å². The molecule has 1 amide bonds. The van der Waals surface area contributed by atoms with Gasteiger partial charge in [-0.15, -0.1) is 0 Å². The van der Waals surface area contributed by atoms with Crippen molar-refractivity contribution in [2.24, 2.45) is 5.73 Å². The van der Waals surface area contributed by atoms with Crippen LogP contribution in [0.1, 0.15) is 0 Å². The van der Waals surface area contributed by atoms with E-state index in [0.29, 0.717) is 0 Å². The summed E-state index contributed by atoms with van der Waals surface area (Å²) in [5.41, 5.74) is 2.51. The number of halogens is 3. The van der Waals surface area contributed by atoms with Crippen LogP contribution in [0.2, 0.25) is 0 Å². The first-order valence-corrected chi connectivity index (χ1v) is 2.53. The van der Waals surface area contributed by atoms with Gasteiger partial charge in [0.25, 0.3) is 0 Å². The Kier molecular flexibility index (Phi) is 2.83. The molecular weight excluding hydrogens is 179 g/mol. The van der Waals surface area contributed by atoms with Crippen LogP contribution in [0.3, 0.4) is 0 Å². The number of carbonyl (C=O) groups is 2. The van der Waals surface area contributed by atoms with Gasteiger partial charge in [-0.2, -0.15) is 13.2 Å². The number of carbonyl (C=O) groups excluding carboxylic acids is 2. The molecule has 0 heterocycles. The third-order valence-electron chi connectivity index (χ3n) is 0.782. The standard InChI is InChI=1S/C5H4F3NO3/c1-2(5(6,7)8)3(10)12-4(9)11/h1H2,(H2,9,11). The lowest BCUT2D eigenvalue weighted by atomic mass is 10.3. The third-order valence-corrected chi connectivity index (χ3v) is 0.782. The third kappa shape index (κ3) is 3.04. The average molecular weight is 183 g/mol. The topological polar surface area (TPSA) is 69.4 Å². The smallest absolute Gasteiger partial charge is 0.373 e. The molecule has 0 bridgehead atoms. The first-order valence-electron chi connectivity index (χ1n) is 2.53. The van der Waals surface area contributed by atoms with Crippen LogP contribution in [0.25, 0.3) is 0 Å². The molecule has 0 aromatic rings. The molecular formula is C5H4F3NO3. The monoisotopic (exact) mass is 183 g/mol. The SMILES string of the molecule is C=C(C(=O)OC(N)=O)C(F)(F)F. The molecule has 0 aliphatic rings. The maximum Gasteiger partial charge on any atom is 0.422 e. The molecule has 0 saturated carbocycles. The number of alkyl halides is 3. The Morgan fingerprint density at radius 1 is 1.33 bits per heavy atom. The van der Waals surface area contributed by atoms with E-state index in [9.17, 15) is 22.8 Å². The summed E-state index contributed by atoms with van der Waals surface area (Å²) < 4.78 is 38.2. The zero-order valence-corrected chi connectivity index (χ0v) is 5.64. The maximum absolute atomic E-state index is 11.6. The molecule has 0 atom stereocenters. The van der Waals surface area contributed by atoms with Crippen molar-refractivity contribution in [2.75, 3.05) is 0 Å². The first-order chi connectivity index (χ1) is 5.25. The summed E-state index contributed by atoms with van der Waals surface area (Å²) in [6.45, 7) is 2.37. The van der Waals surface area contributed by atoms with Crippen LogP contribution in [0.4, 0.5) is 18.0 Å². The Bertz CT molecular complexity index is 233. The van der Waals surface area contributed by atoms with Crippen molar-refractivity contribution in [3.63, 3.8) is 0 Å². The molecule has 4 nitrogen and oxygen atoms in total. The van der Waals surface area contributed by atoms with Crippen LogP contribution in [0.15, 0.2) is 12.2 Å². The number of nitrogens with two attached hydrogens (primary N) is 1. The molecule has 0 rings (SSSR count). The van der Waals surface area contributed by atoms with E-state index in [1.54, 1.807) is 0 Å². The number of hydrogen-bond donors (Lipinski definition) is 1. The molecule has 0 unspecified atom stereocenters. The molecule has 7 heteroatoms. The highest BCUT2D eigenvalue weighted by Gasteiger charge is 2.38. The quantitative estimate of drug-likeness (QED) is 0.370. The fourth-order valence-corrected chi connectivity index (χ4v) is 0.269. The second-order valence-electron chi connectivity index (χ2n) is 1.68. The summed E-state index contributed by atoms with van der Waals surface area (Å²) in [6, 6.07) is 0. The number of hydrogen-bond acceptors (Lipinski definition) is 3. The van der Waals surface area contributed by atoms with E-state index in [1.807, 2.05) is 0 Å². The number of ether oxygens (including phenoxy) is 1. The number of primary amides is 1. The second-order valence-corrected chi connectivity index (χ2v) is 1.68. The number of rotatable bonds is 1. The first kappa shape index (κ1) is 10.5. The summed E-state index contributed by atoms with van der Waals surface area (Å²) in [5.74, 6) is -1.89. The van der Waals surface area contributed by atoms with E-state index in [-0.39, 0.29) is 0 Å².